The Morgan fingerprint density at radius 2 is 1.48 bits per heavy atom. The van der Waals surface area contributed by atoms with Crippen LogP contribution in [-0.2, 0) is 50.7 Å². The summed E-state index contributed by atoms with van der Waals surface area (Å²) in [5.74, 6) is -0.252. The minimum atomic E-state index is -5.58. The normalized spacial score (nSPS) is 20.3. The smallest absolute Gasteiger partial charge is 0.386 e. The number of anilines is 1. The molecule has 1 saturated heterocycles. The summed E-state index contributed by atoms with van der Waals surface area (Å²) in [6, 6.07) is 0. The second-order valence-corrected chi connectivity index (χ2v) is 23.4. The van der Waals surface area contributed by atoms with Crippen molar-refractivity contribution in [3.63, 3.8) is 0 Å². The minimum Gasteiger partial charge on any atom is -0.386 e. The number of imidazole rings is 1. The van der Waals surface area contributed by atoms with Crippen LogP contribution in [0.15, 0.2) is 12.7 Å². The van der Waals surface area contributed by atoms with Gasteiger partial charge in [0.1, 0.15) is 36.3 Å². The van der Waals surface area contributed by atoms with Gasteiger partial charge in [0.2, 0.25) is 11.8 Å². The monoisotopic (exact) mass is 1060 g/mol. The third-order valence-electron chi connectivity index (χ3n) is 11.4. The molecule has 3 heterocycles. The van der Waals surface area contributed by atoms with Crippen LogP contribution in [-0.4, -0.2) is 123 Å². The highest BCUT2D eigenvalue weighted by Gasteiger charge is 2.50. The molecule has 8 atom stereocenters. The first-order valence-electron chi connectivity index (χ1n) is 23.5. The highest BCUT2D eigenvalue weighted by molar-refractivity contribution is 8.13. The number of hydrogen-bond acceptors (Lipinski definition) is 18. The number of hydrogen-bond donors (Lipinski definition) is 9. The van der Waals surface area contributed by atoms with Crippen molar-refractivity contribution in [3.8, 4) is 0 Å². The molecule has 0 radical (unpaired) electrons. The molecular formula is C41H74N7O17P3S. The lowest BCUT2D eigenvalue weighted by atomic mass is 9.87. The zero-order chi connectivity index (χ0) is 51.3. The molecule has 3 rings (SSSR count). The number of nitrogen functional groups attached to an aromatic ring is 1. The van der Waals surface area contributed by atoms with Gasteiger partial charge in [0.25, 0.3) is 0 Å². The average molecular weight is 1060 g/mol. The third-order valence-corrected chi connectivity index (χ3v) is 15.4. The van der Waals surface area contributed by atoms with E-state index in [9.17, 15) is 57.9 Å². The van der Waals surface area contributed by atoms with E-state index in [0.717, 1.165) is 54.2 Å². The summed E-state index contributed by atoms with van der Waals surface area (Å²) < 4.78 is 62.5. The van der Waals surface area contributed by atoms with Gasteiger partial charge < -0.3 is 50.9 Å². The number of aromatic nitrogens is 4. The molecule has 24 nitrogen and oxygen atoms in total. The van der Waals surface area contributed by atoms with Crippen molar-refractivity contribution >= 4 is 69.1 Å². The summed E-state index contributed by atoms with van der Waals surface area (Å²) in [6.07, 6.45) is 12.3. The number of nitrogens with one attached hydrogen (secondary N) is 2. The largest absolute Gasteiger partial charge is 0.481 e. The molecule has 396 valence electrons. The summed E-state index contributed by atoms with van der Waals surface area (Å²) in [5.41, 5.74) is 4.29. The molecule has 0 saturated carbocycles. The highest BCUT2D eigenvalue weighted by Crippen LogP contribution is 2.61. The fourth-order valence-corrected chi connectivity index (χ4v) is 11.0. The number of fused-ring (bicyclic) bond motifs is 1. The van der Waals surface area contributed by atoms with E-state index in [4.69, 9.17) is 19.5 Å². The Kier molecular flexibility index (Phi) is 26.4. The van der Waals surface area contributed by atoms with Gasteiger partial charge in [-0.05, 0) is 12.3 Å². The zero-order valence-electron chi connectivity index (χ0n) is 40.0. The predicted octanol–water partition coefficient (Wildman–Crippen LogP) is 5.56. The molecule has 2 aromatic heterocycles. The molecule has 0 aromatic carbocycles. The quantitative estimate of drug-likeness (QED) is 0.0298. The lowest BCUT2D eigenvalue weighted by Crippen LogP contribution is -2.46. The average Bonchev–Trinajstić information content (AvgIpc) is 3.83. The van der Waals surface area contributed by atoms with Crippen LogP contribution in [0, 0.1) is 11.3 Å². The molecule has 2 amide bonds. The maximum atomic E-state index is 12.8. The Balaban J connectivity index is 1.29. The van der Waals surface area contributed by atoms with E-state index in [-0.39, 0.29) is 41.6 Å². The van der Waals surface area contributed by atoms with Crippen LogP contribution in [0.1, 0.15) is 143 Å². The number of aliphatic hydroxyl groups excluding tert-OH is 2. The van der Waals surface area contributed by atoms with E-state index in [2.05, 4.69) is 48.3 Å². The number of phosphoric ester groups is 3. The fraction of sp³-hybridized carbons (Fsp3) is 0.805. The lowest BCUT2D eigenvalue weighted by molar-refractivity contribution is -0.137. The lowest BCUT2D eigenvalue weighted by Gasteiger charge is -2.30. The Hall–Kier alpha value is -2.44. The summed E-state index contributed by atoms with van der Waals surface area (Å²) in [5, 5.41) is 26.7. The van der Waals surface area contributed by atoms with Gasteiger partial charge in [0, 0.05) is 37.1 Å². The molecule has 69 heavy (non-hydrogen) atoms. The van der Waals surface area contributed by atoms with Gasteiger partial charge in [-0.25, -0.2) is 28.6 Å². The van der Waals surface area contributed by atoms with Crippen molar-refractivity contribution in [2.24, 2.45) is 11.3 Å². The minimum absolute atomic E-state index is 0.0340. The number of phosphoric acid groups is 3. The van der Waals surface area contributed by atoms with E-state index in [0.29, 0.717) is 12.2 Å². The van der Waals surface area contributed by atoms with Gasteiger partial charge in [-0.3, -0.25) is 32.5 Å². The summed E-state index contributed by atoms with van der Waals surface area (Å²) in [7, 11) is -16.4. The maximum absolute atomic E-state index is 12.8. The van der Waals surface area contributed by atoms with Crippen molar-refractivity contribution in [1.82, 2.24) is 30.2 Å². The number of nitrogens with two attached hydrogens (primary N) is 1. The van der Waals surface area contributed by atoms with Gasteiger partial charge in [0.15, 0.2) is 22.8 Å². The number of rotatable bonds is 36. The van der Waals surface area contributed by atoms with Crippen molar-refractivity contribution in [3.05, 3.63) is 12.7 Å². The highest BCUT2D eigenvalue weighted by atomic mass is 32.2. The summed E-state index contributed by atoms with van der Waals surface area (Å²) >= 11 is 1.16. The van der Waals surface area contributed by atoms with Crippen molar-refractivity contribution in [2.45, 2.75) is 167 Å². The third kappa shape index (κ3) is 22.9. The van der Waals surface area contributed by atoms with E-state index in [1.54, 1.807) is 0 Å². The van der Waals surface area contributed by atoms with Gasteiger partial charge in [-0.15, -0.1) is 0 Å². The number of aliphatic hydroxyl groups is 2. The Bertz CT molecular complexity index is 2050. The molecule has 0 spiro atoms. The zero-order valence-corrected chi connectivity index (χ0v) is 43.5. The maximum Gasteiger partial charge on any atom is 0.481 e. The van der Waals surface area contributed by atoms with Gasteiger partial charge in [-0.2, -0.15) is 4.31 Å². The summed E-state index contributed by atoms with van der Waals surface area (Å²) in [6.45, 7) is 5.18. The summed E-state index contributed by atoms with van der Waals surface area (Å²) in [4.78, 5) is 88.5. The first kappa shape index (κ1) is 60.9. The van der Waals surface area contributed by atoms with Crippen molar-refractivity contribution < 1.29 is 80.5 Å². The molecule has 2 aromatic rings. The Labute approximate surface area is 407 Å². The molecule has 8 unspecified atom stereocenters. The SMILES string of the molecule is CCCCCCCCCCC(C)CCCCCCCC(=O)SCCNC(=O)CCNC(=O)C(O)C(C)(C)COP(=O)(O)OP(=O)(O)OCC1OC(n2cnc3c(N)ncnc32)C(O)C1OP(=O)(O)O. The second kappa shape index (κ2) is 29.9. The number of carbonyl (C=O) groups excluding carboxylic acids is 3. The van der Waals surface area contributed by atoms with Gasteiger partial charge in [0.05, 0.1) is 19.5 Å². The van der Waals surface area contributed by atoms with Gasteiger partial charge >= 0.3 is 23.5 Å². The van der Waals surface area contributed by atoms with Crippen LogP contribution < -0.4 is 16.4 Å². The molecule has 0 bridgehead atoms. The molecule has 1 aliphatic rings. The van der Waals surface area contributed by atoms with E-state index in [1.807, 2.05) is 0 Å². The number of ether oxygens (including phenoxy) is 1. The van der Waals surface area contributed by atoms with E-state index < -0.39 is 84.6 Å². The van der Waals surface area contributed by atoms with Crippen LogP contribution in [0.2, 0.25) is 0 Å². The number of amides is 2. The van der Waals surface area contributed by atoms with E-state index in [1.165, 1.54) is 90.9 Å². The van der Waals surface area contributed by atoms with Gasteiger partial charge in [-0.1, -0.05) is 129 Å². The molecule has 28 heteroatoms. The number of unbranched alkanes of at least 4 members (excludes halogenated alkanes) is 11. The Morgan fingerprint density at radius 1 is 0.870 bits per heavy atom. The van der Waals surface area contributed by atoms with Crippen LogP contribution in [0.4, 0.5) is 5.82 Å². The molecule has 0 aliphatic carbocycles. The number of carbonyl (C=O) groups is 3. The number of thioether (sulfide) groups is 1. The van der Waals surface area contributed by atoms with Crippen LogP contribution in [0.25, 0.3) is 11.2 Å². The first-order valence-corrected chi connectivity index (χ1v) is 29.0. The molecular weight excluding hydrogens is 987 g/mol. The van der Waals surface area contributed by atoms with Crippen LogP contribution in [0.5, 0.6) is 0 Å². The van der Waals surface area contributed by atoms with Crippen LogP contribution >= 0.6 is 35.2 Å². The van der Waals surface area contributed by atoms with E-state index >= 15 is 0 Å². The second-order valence-electron chi connectivity index (χ2n) is 18.0. The van der Waals surface area contributed by atoms with Crippen LogP contribution in [0.3, 0.4) is 0 Å². The Morgan fingerprint density at radius 3 is 2.12 bits per heavy atom. The topological polar surface area (TPSA) is 364 Å². The predicted molar refractivity (Wildman–Crippen MR) is 256 cm³/mol. The first-order chi connectivity index (χ1) is 32.4. The molecule has 1 aliphatic heterocycles. The molecule has 1 fully saturated rings. The molecule has 10 N–H and O–H groups in total. The van der Waals surface area contributed by atoms with Crippen molar-refractivity contribution in [2.75, 3.05) is 37.8 Å². The fourth-order valence-electron chi connectivity index (χ4n) is 7.43. The standard InChI is InChI=1S/C41H74N7O17P3S/c1-5-6-7-8-9-10-12-15-18-29(2)19-16-13-11-14-17-20-32(50)69-24-23-43-31(49)21-22-44-39(53)36(52)41(3,4)26-62-68(59,60)65-67(57,58)61-25-30-35(64-66(54,55)56)34(51)40(63-30)48-28-47-33-37(42)45-27-46-38(33)48/h27-30,34-36,40,51-52H,5-26H2,1-4H3,(H,43,49)(H,44,53)(H,57,58)(H,59,60)(H2,42,45,46)(H2,54,55,56). The number of nitrogens with zero attached hydrogens (tertiary/aromatic N) is 4. The van der Waals surface area contributed by atoms with Crippen molar-refractivity contribution in [1.29, 1.82) is 0 Å².